The van der Waals surface area contributed by atoms with Crippen molar-refractivity contribution in [1.29, 1.82) is 0 Å². The molecule has 1 atom stereocenters. The van der Waals surface area contributed by atoms with E-state index >= 15 is 0 Å². The van der Waals surface area contributed by atoms with Gasteiger partial charge in [-0.2, -0.15) is 0 Å². The van der Waals surface area contributed by atoms with Crippen molar-refractivity contribution < 1.29 is 4.74 Å². The first-order valence-corrected chi connectivity index (χ1v) is 4.20. The average molecular weight is 208 g/mol. The number of hydrogen-bond donors (Lipinski definition) is 1. The minimum Gasteiger partial charge on any atom is -0.457 e. The van der Waals surface area contributed by atoms with E-state index in [-0.39, 0.29) is 5.17 Å². The van der Waals surface area contributed by atoms with Crippen LogP contribution in [0.25, 0.3) is 10.4 Å². The van der Waals surface area contributed by atoms with E-state index in [0.29, 0.717) is 5.56 Å². The third kappa shape index (κ3) is 2.93. The maximum Gasteiger partial charge on any atom is 0.254 e. The quantitative estimate of drug-likeness (QED) is 0.358. The Morgan fingerprint density at radius 2 is 2.14 bits per heavy atom. The molecule has 14 heavy (non-hydrogen) atoms. The van der Waals surface area contributed by atoms with Gasteiger partial charge < -0.3 is 10.5 Å². The predicted molar refractivity (Wildman–Crippen MR) is 56.2 cm³/mol. The highest BCUT2D eigenvalue weighted by molar-refractivity contribution is 7.80. The molecule has 1 aromatic carbocycles. The van der Waals surface area contributed by atoms with Gasteiger partial charge in [-0.25, -0.2) is 0 Å². The van der Waals surface area contributed by atoms with E-state index in [1.807, 2.05) is 6.07 Å². The molecule has 0 aliphatic heterocycles. The molecule has 0 fully saturated rings. The van der Waals surface area contributed by atoms with Crippen LogP contribution in [0, 0.1) is 0 Å². The van der Waals surface area contributed by atoms with Gasteiger partial charge in [-0.15, -0.1) is 0 Å². The third-order valence-corrected chi connectivity index (χ3v) is 1.57. The van der Waals surface area contributed by atoms with Crippen LogP contribution in [0.15, 0.2) is 35.4 Å². The molecule has 1 rings (SSSR count). The van der Waals surface area contributed by atoms with Gasteiger partial charge in [0, 0.05) is 4.91 Å². The van der Waals surface area contributed by atoms with Gasteiger partial charge in [0.2, 0.25) is 6.23 Å². The van der Waals surface area contributed by atoms with Gasteiger partial charge in [-0.3, -0.25) is 0 Å². The first kappa shape index (κ1) is 10.3. The highest BCUT2D eigenvalue weighted by Crippen LogP contribution is 2.18. The number of rotatable bonds is 3. The maximum absolute atomic E-state index is 8.31. The van der Waals surface area contributed by atoms with E-state index in [1.165, 1.54) is 0 Å². The monoisotopic (exact) mass is 208 g/mol. The van der Waals surface area contributed by atoms with Crippen molar-refractivity contribution in [1.82, 2.24) is 0 Å². The second-order valence-corrected chi connectivity index (χ2v) is 2.81. The molecule has 6 heteroatoms. The summed E-state index contributed by atoms with van der Waals surface area (Å²) in [5.41, 5.74) is 14.2. The Morgan fingerprint density at radius 1 is 1.50 bits per heavy atom. The van der Waals surface area contributed by atoms with Crippen LogP contribution in [0.3, 0.4) is 0 Å². The number of ether oxygens (including phenoxy) is 1. The lowest BCUT2D eigenvalue weighted by atomic mass is 10.2. The average Bonchev–Trinajstić information content (AvgIpc) is 2.18. The summed E-state index contributed by atoms with van der Waals surface area (Å²) in [6, 6.07) is 8.98. The Labute approximate surface area is 86.1 Å². The zero-order valence-electron chi connectivity index (χ0n) is 7.20. The molecular weight excluding hydrogens is 200 g/mol. The molecule has 2 N–H and O–H groups in total. The van der Waals surface area contributed by atoms with Gasteiger partial charge in [0.25, 0.3) is 5.17 Å². The van der Waals surface area contributed by atoms with Gasteiger partial charge >= 0.3 is 0 Å². The van der Waals surface area contributed by atoms with Crippen LogP contribution < -0.4 is 5.73 Å². The van der Waals surface area contributed by atoms with Crippen LogP contribution >= 0.6 is 12.2 Å². The molecule has 1 unspecified atom stereocenters. The predicted octanol–water partition coefficient (Wildman–Crippen LogP) is 2.26. The van der Waals surface area contributed by atoms with E-state index in [2.05, 4.69) is 22.2 Å². The largest absolute Gasteiger partial charge is 0.457 e. The van der Waals surface area contributed by atoms with Gasteiger partial charge in [-0.1, -0.05) is 30.3 Å². The summed E-state index contributed by atoms with van der Waals surface area (Å²) in [5.74, 6) is 0. The molecule has 5 nitrogen and oxygen atoms in total. The molecule has 72 valence electrons. The second kappa shape index (κ2) is 5.06. The van der Waals surface area contributed by atoms with E-state index in [1.54, 1.807) is 24.3 Å². The molecule has 0 aromatic heterocycles. The zero-order valence-corrected chi connectivity index (χ0v) is 8.02. The summed E-state index contributed by atoms with van der Waals surface area (Å²) in [6.45, 7) is 0. The zero-order chi connectivity index (χ0) is 10.4. The molecule has 0 spiro atoms. The number of nitrogens with zero attached hydrogens (tertiary/aromatic N) is 3. The van der Waals surface area contributed by atoms with Gasteiger partial charge in [-0.05, 0) is 28.4 Å². The van der Waals surface area contributed by atoms with Gasteiger partial charge in [0.1, 0.15) is 0 Å². The highest BCUT2D eigenvalue weighted by atomic mass is 32.1. The summed E-state index contributed by atoms with van der Waals surface area (Å²) in [5, 5.41) is 3.28. The molecule has 0 aliphatic rings. The van der Waals surface area contributed by atoms with E-state index in [9.17, 15) is 0 Å². The lowest BCUT2D eigenvalue weighted by molar-refractivity contribution is 0.203. The summed E-state index contributed by atoms with van der Waals surface area (Å²) in [7, 11) is 0. The molecule has 0 bridgehead atoms. The normalized spacial score (nSPS) is 11.1. The first-order valence-electron chi connectivity index (χ1n) is 3.79. The van der Waals surface area contributed by atoms with Crippen molar-refractivity contribution in [3.63, 3.8) is 0 Å². The molecule has 1 aromatic rings. The van der Waals surface area contributed by atoms with Gasteiger partial charge in [0.05, 0.1) is 0 Å². The molecule has 0 saturated carbocycles. The fourth-order valence-electron chi connectivity index (χ4n) is 0.933. The second-order valence-electron chi connectivity index (χ2n) is 2.40. The number of thiocarbonyl (C=S) groups is 1. The fourth-order valence-corrected chi connectivity index (χ4v) is 1.02. The van der Waals surface area contributed by atoms with Crippen molar-refractivity contribution >= 4 is 17.4 Å². The molecular formula is C8H8N4OS. The Hall–Kier alpha value is -1.78. The number of nitrogens with two attached hydrogens (primary N) is 1. The number of hydrogen-bond acceptors (Lipinski definition) is 3. The summed E-state index contributed by atoms with van der Waals surface area (Å²) in [4.78, 5) is 2.65. The topological polar surface area (TPSA) is 84.0 Å². The molecule has 0 radical (unpaired) electrons. The van der Waals surface area contributed by atoms with Crippen LogP contribution in [0.4, 0.5) is 0 Å². The van der Waals surface area contributed by atoms with Crippen LogP contribution in [0.5, 0.6) is 0 Å². The van der Waals surface area contributed by atoms with Crippen molar-refractivity contribution in [2.75, 3.05) is 0 Å². The van der Waals surface area contributed by atoms with Crippen molar-refractivity contribution in [2.45, 2.75) is 6.23 Å². The lowest BCUT2D eigenvalue weighted by Crippen LogP contribution is -2.15. The summed E-state index contributed by atoms with van der Waals surface area (Å²) in [6.07, 6.45) is -0.793. The SMILES string of the molecule is [N-]=[N+]=NC(OC(N)=S)c1ccccc1. The van der Waals surface area contributed by atoms with Crippen LogP contribution in [-0.4, -0.2) is 5.17 Å². The molecule has 0 aliphatic carbocycles. The molecule has 0 saturated heterocycles. The van der Waals surface area contributed by atoms with E-state index in [0.717, 1.165) is 0 Å². The van der Waals surface area contributed by atoms with Crippen LogP contribution in [0.2, 0.25) is 0 Å². The van der Waals surface area contributed by atoms with Gasteiger partial charge in [0.15, 0.2) is 0 Å². The summed E-state index contributed by atoms with van der Waals surface area (Å²) < 4.78 is 4.97. The lowest BCUT2D eigenvalue weighted by Gasteiger charge is -2.11. The van der Waals surface area contributed by atoms with Crippen molar-refractivity contribution in [2.24, 2.45) is 10.8 Å². The van der Waals surface area contributed by atoms with Crippen LogP contribution in [0.1, 0.15) is 11.8 Å². The van der Waals surface area contributed by atoms with E-state index in [4.69, 9.17) is 16.0 Å². The van der Waals surface area contributed by atoms with E-state index < -0.39 is 6.23 Å². The Balaban J connectivity index is 2.88. The Bertz CT molecular complexity index is 361. The van der Waals surface area contributed by atoms with Crippen molar-refractivity contribution in [3.05, 3.63) is 46.3 Å². The minimum absolute atomic E-state index is 0.147. The molecule has 0 heterocycles. The fraction of sp³-hybridized carbons (Fsp3) is 0.125. The Kier molecular flexibility index (Phi) is 3.72. The minimum atomic E-state index is -0.793. The maximum atomic E-state index is 8.31. The highest BCUT2D eigenvalue weighted by Gasteiger charge is 2.10. The number of azide groups is 1. The van der Waals surface area contributed by atoms with Crippen LogP contribution in [-0.2, 0) is 4.74 Å². The third-order valence-electron chi connectivity index (χ3n) is 1.47. The first-order chi connectivity index (χ1) is 6.74. The molecule has 0 amide bonds. The standard InChI is InChI=1S/C8H8N4OS/c9-8(14)13-7(11-12-10)6-4-2-1-3-5-6/h1-5,7H,(H2,9,14). The Morgan fingerprint density at radius 3 is 2.64 bits per heavy atom. The number of benzene rings is 1. The smallest absolute Gasteiger partial charge is 0.254 e. The summed E-state index contributed by atoms with van der Waals surface area (Å²) >= 11 is 4.56. The van der Waals surface area contributed by atoms with Crippen molar-refractivity contribution in [3.8, 4) is 0 Å².